The Hall–Kier alpha value is -2.08. The number of carbonyl (C=O) groups excluding carboxylic acids is 1. The SMILES string of the molecule is N/C(=N/O)c1ccc(NC(=O)C2CCOC2)cc1. The van der Waals surface area contributed by atoms with Crippen molar-refractivity contribution in [3.05, 3.63) is 29.8 Å². The number of nitrogens with two attached hydrogens (primary N) is 1. The number of rotatable bonds is 3. The Balaban J connectivity index is 1.99. The van der Waals surface area contributed by atoms with Crippen molar-refractivity contribution in [2.24, 2.45) is 16.8 Å². The number of hydrogen-bond donors (Lipinski definition) is 3. The number of oxime groups is 1. The van der Waals surface area contributed by atoms with Crippen molar-refractivity contribution in [3.63, 3.8) is 0 Å². The van der Waals surface area contributed by atoms with Gasteiger partial charge in [-0.25, -0.2) is 0 Å². The Kier molecular flexibility index (Phi) is 3.78. The lowest BCUT2D eigenvalue weighted by molar-refractivity contribution is -0.119. The highest BCUT2D eigenvalue weighted by Crippen LogP contribution is 2.16. The summed E-state index contributed by atoms with van der Waals surface area (Å²) in [6, 6.07) is 6.77. The van der Waals surface area contributed by atoms with Crippen LogP contribution < -0.4 is 11.1 Å². The topological polar surface area (TPSA) is 96.9 Å². The fraction of sp³-hybridized carbons (Fsp3) is 0.333. The highest BCUT2D eigenvalue weighted by Gasteiger charge is 2.23. The minimum absolute atomic E-state index is 0.0379. The molecule has 0 bridgehead atoms. The zero-order valence-electron chi connectivity index (χ0n) is 9.80. The molecule has 0 radical (unpaired) electrons. The Labute approximate surface area is 104 Å². The molecule has 0 spiro atoms. The molecule has 1 aliphatic rings. The number of amidine groups is 1. The summed E-state index contributed by atoms with van der Waals surface area (Å²) in [4.78, 5) is 11.8. The van der Waals surface area contributed by atoms with Gasteiger partial charge in [-0.15, -0.1) is 0 Å². The van der Waals surface area contributed by atoms with Crippen molar-refractivity contribution in [2.45, 2.75) is 6.42 Å². The van der Waals surface area contributed by atoms with Gasteiger partial charge < -0.3 is 21.0 Å². The maximum absolute atomic E-state index is 11.8. The van der Waals surface area contributed by atoms with Crippen LogP contribution in [0, 0.1) is 5.92 Å². The van der Waals surface area contributed by atoms with Gasteiger partial charge in [0.05, 0.1) is 12.5 Å². The molecule has 1 aliphatic heterocycles. The number of ether oxygens (including phenoxy) is 1. The van der Waals surface area contributed by atoms with E-state index in [1.54, 1.807) is 24.3 Å². The molecule has 0 aromatic heterocycles. The number of carbonyl (C=O) groups is 1. The molecular formula is C12H15N3O3. The van der Waals surface area contributed by atoms with E-state index in [1.807, 2.05) is 0 Å². The summed E-state index contributed by atoms with van der Waals surface area (Å²) < 4.78 is 5.16. The van der Waals surface area contributed by atoms with Crippen molar-refractivity contribution >= 4 is 17.4 Å². The van der Waals surface area contributed by atoms with Crippen molar-refractivity contribution in [2.75, 3.05) is 18.5 Å². The highest BCUT2D eigenvalue weighted by molar-refractivity contribution is 5.98. The Morgan fingerprint density at radius 3 is 2.72 bits per heavy atom. The second-order valence-electron chi connectivity index (χ2n) is 4.11. The van der Waals surface area contributed by atoms with Crippen LogP contribution in [-0.4, -0.2) is 30.2 Å². The first-order valence-corrected chi connectivity index (χ1v) is 5.67. The normalized spacial score (nSPS) is 19.8. The molecule has 1 aromatic rings. The molecular weight excluding hydrogens is 234 g/mol. The molecule has 1 amide bonds. The Morgan fingerprint density at radius 2 is 2.17 bits per heavy atom. The number of hydrogen-bond acceptors (Lipinski definition) is 4. The third kappa shape index (κ3) is 2.78. The van der Waals surface area contributed by atoms with Crippen LogP contribution in [0.1, 0.15) is 12.0 Å². The molecule has 1 atom stereocenters. The van der Waals surface area contributed by atoms with Crippen molar-refractivity contribution in [1.82, 2.24) is 0 Å². The van der Waals surface area contributed by atoms with Gasteiger partial charge in [0.2, 0.25) is 5.91 Å². The lowest BCUT2D eigenvalue weighted by atomic mass is 10.1. The Morgan fingerprint density at radius 1 is 1.44 bits per heavy atom. The average Bonchev–Trinajstić information content (AvgIpc) is 2.92. The molecule has 1 aromatic carbocycles. The van der Waals surface area contributed by atoms with Gasteiger partial charge in [-0.2, -0.15) is 0 Å². The average molecular weight is 249 g/mol. The van der Waals surface area contributed by atoms with Crippen LogP contribution in [0.2, 0.25) is 0 Å². The summed E-state index contributed by atoms with van der Waals surface area (Å²) in [5.74, 6) is -0.0742. The molecule has 0 aliphatic carbocycles. The van der Waals surface area contributed by atoms with Gasteiger partial charge >= 0.3 is 0 Å². The number of nitrogens with zero attached hydrogens (tertiary/aromatic N) is 1. The van der Waals surface area contributed by atoms with E-state index < -0.39 is 0 Å². The number of nitrogens with one attached hydrogen (secondary N) is 1. The van der Waals surface area contributed by atoms with E-state index in [0.29, 0.717) is 24.5 Å². The maximum Gasteiger partial charge on any atom is 0.229 e. The quantitative estimate of drug-likeness (QED) is 0.319. The first kappa shape index (κ1) is 12.4. The van der Waals surface area contributed by atoms with Gasteiger partial charge in [-0.3, -0.25) is 4.79 Å². The Bertz CT molecular complexity index is 450. The minimum atomic E-state index is -0.0752. The summed E-state index contributed by atoms with van der Waals surface area (Å²) in [7, 11) is 0. The molecule has 6 nitrogen and oxygen atoms in total. The molecule has 1 heterocycles. The molecule has 0 saturated carbocycles. The standard InChI is InChI=1S/C12H15N3O3/c13-11(15-17)8-1-3-10(4-2-8)14-12(16)9-5-6-18-7-9/h1-4,9,17H,5-7H2,(H2,13,15)(H,14,16). The fourth-order valence-electron chi connectivity index (χ4n) is 1.77. The third-order valence-corrected chi connectivity index (χ3v) is 2.86. The van der Waals surface area contributed by atoms with Crippen molar-refractivity contribution in [1.29, 1.82) is 0 Å². The van der Waals surface area contributed by atoms with Crippen LogP contribution in [0.5, 0.6) is 0 Å². The molecule has 96 valence electrons. The van der Waals surface area contributed by atoms with E-state index in [2.05, 4.69) is 10.5 Å². The number of anilines is 1. The lowest BCUT2D eigenvalue weighted by Gasteiger charge is -2.09. The van der Waals surface area contributed by atoms with Crippen LogP contribution in [0.15, 0.2) is 29.4 Å². The predicted molar refractivity (Wildman–Crippen MR) is 66.5 cm³/mol. The van der Waals surface area contributed by atoms with E-state index in [-0.39, 0.29) is 17.7 Å². The smallest absolute Gasteiger partial charge is 0.229 e. The van der Waals surface area contributed by atoms with Gasteiger partial charge in [-0.05, 0) is 30.7 Å². The highest BCUT2D eigenvalue weighted by atomic mass is 16.5. The van der Waals surface area contributed by atoms with Gasteiger partial charge in [0.25, 0.3) is 0 Å². The summed E-state index contributed by atoms with van der Waals surface area (Å²) in [6.45, 7) is 1.12. The lowest BCUT2D eigenvalue weighted by Crippen LogP contribution is -2.22. The molecule has 4 N–H and O–H groups in total. The van der Waals surface area contributed by atoms with Gasteiger partial charge in [-0.1, -0.05) is 5.16 Å². The van der Waals surface area contributed by atoms with Gasteiger partial charge in [0.1, 0.15) is 0 Å². The monoisotopic (exact) mass is 249 g/mol. The second kappa shape index (κ2) is 5.50. The van der Waals surface area contributed by atoms with Gasteiger partial charge in [0.15, 0.2) is 5.84 Å². The fourth-order valence-corrected chi connectivity index (χ4v) is 1.77. The second-order valence-corrected chi connectivity index (χ2v) is 4.11. The largest absolute Gasteiger partial charge is 0.409 e. The van der Waals surface area contributed by atoms with E-state index >= 15 is 0 Å². The van der Waals surface area contributed by atoms with E-state index in [4.69, 9.17) is 15.7 Å². The molecule has 1 saturated heterocycles. The summed E-state index contributed by atoms with van der Waals surface area (Å²) >= 11 is 0. The van der Waals surface area contributed by atoms with Crippen LogP contribution in [0.3, 0.4) is 0 Å². The van der Waals surface area contributed by atoms with Crippen molar-refractivity contribution in [3.8, 4) is 0 Å². The molecule has 2 rings (SSSR count). The number of benzene rings is 1. The molecule has 18 heavy (non-hydrogen) atoms. The maximum atomic E-state index is 11.8. The van der Waals surface area contributed by atoms with Crippen LogP contribution >= 0.6 is 0 Å². The van der Waals surface area contributed by atoms with Crippen LogP contribution in [-0.2, 0) is 9.53 Å². The van der Waals surface area contributed by atoms with E-state index in [0.717, 1.165) is 6.42 Å². The van der Waals surface area contributed by atoms with Crippen LogP contribution in [0.25, 0.3) is 0 Å². The van der Waals surface area contributed by atoms with Gasteiger partial charge in [0, 0.05) is 17.9 Å². The zero-order chi connectivity index (χ0) is 13.0. The van der Waals surface area contributed by atoms with Crippen molar-refractivity contribution < 1.29 is 14.7 Å². The summed E-state index contributed by atoms with van der Waals surface area (Å²) in [6.07, 6.45) is 0.758. The zero-order valence-corrected chi connectivity index (χ0v) is 9.80. The molecule has 6 heteroatoms. The third-order valence-electron chi connectivity index (χ3n) is 2.86. The molecule has 1 unspecified atom stereocenters. The number of amides is 1. The van der Waals surface area contributed by atoms with Crippen LogP contribution in [0.4, 0.5) is 5.69 Å². The molecule has 1 fully saturated rings. The van der Waals surface area contributed by atoms with E-state index in [9.17, 15) is 4.79 Å². The van der Waals surface area contributed by atoms with E-state index in [1.165, 1.54) is 0 Å². The predicted octanol–water partition coefficient (Wildman–Crippen LogP) is 0.756. The summed E-state index contributed by atoms with van der Waals surface area (Å²) in [5, 5.41) is 14.2. The minimum Gasteiger partial charge on any atom is -0.409 e. The first-order chi connectivity index (χ1) is 8.70. The summed E-state index contributed by atoms with van der Waals surface area (Å²) in [5.41, 5.74) is 6.72. The first-order valence-electron chi connectivity index (χ1n) is 5.67.